The van der Waals surface area contributed by atoms with Crippen molar-refractivity contribution < 1.29 is 14.3 Å². The highest BCUT2D eigenvalue weighted by atomic mass is 32.2. The Kier molecular flexibility index (Phi) is 8.55. The summed E-state index contributed by atoms with van der Waals surface area (Å²) >= 11 is 1.45. The third-order valence-corrected chi connectivity index (χ3v) is 4.28. The van der Waals surface area contributed by atoms with Crippen LogP contribution in [0.15, 0.2) is 24.3 Å². The maximum atomic E-state index is 11.8. The highest BCUT2D eigenvalue weighted by molar-refractivity contribution is 7.99. The number of hydrogen-bond donors (Lipinski definition) is 1. The van der Waals surface area contributed by atoms with Crippen molar-refractivity contribution in [3.63, 3.8) is 0 Å². The molecular weight excluding hydrogens is 312 g/mol. The van der Waals surface area contributed by atoms with Gasteiger partial charge in [-0.1, -0.05) is 6.07 Å². The molecule has 0 saturated carbocycles. The summed E-state index contributed by atoms with van der Waals surface area (Å²) in [6.07, 6.45) is 1.46. The summed E-state index contributed by atoms with van der Waals surface area (Å²) in [6, 6.07) is 7.88. The lowest BCUT2D eigenvalue weighted by Gasteiger charge is -2.17. The second kappa shape index (κ2) is 10.2. The van der Waals surface area contributed by atoms with E-state index in [0.29, 0.717) is 30.8 Å². The van der Waals surface area contributed by atoms with Crippen LogP contribution in [0.1, 0.15) is 26.2 Å². The number of rotatable bonds is 11. The predicted molar refractivity (Wildman–Crippen MR) is 96.2 cm³/mol. The van der Waals surface area contributed by atoms with Gasteiger partial charge in [-0.2, -0.15) is 11.8 Å². The number of carbonyl (C=O) groups excluding carboxylic acids is 2. The van der Waals surface area contributed by atoms with Crippen LogP contribution >= 0.6 is 11.8 Å². The SMILES string of the molecule is CC(CCC(=O)CSCCC(N)=O)Oc1cccc(N(C)C)c1. The molecule has 1 unspecified atom stereocenters. The van der Waals surface area contributed by atoms with E-state index in [2.05, 4.69) is 0 Å². The lowest BCUT2D eigenvalue weighted by molar-refractivity contribution is -0.118. The minimum Gasteiger partial charge on any atom is -0.491 e. The van der Waals surface area contributed by atoms with Crippen molar-refractivity contribution in [2.75, 3.05) is 30.5 Å². The molecule has 0 aliphatic carbocycles. The van der Waals surface area contributed by atoms with Crippen LogP contribution in [0.5, 0.6) is 5.75 Å². The average Bonchev–Trinajstić information content (AvgIpc) is 2.49. The van der Waals surface area contributed by atoms with E-state index in [9.17, 15) is 9.59 Å². The van der Waals surface area contributed by atoms with E-state index >= 15 is 0 Å². The Balaban J connectivity index is 2.28. The first-order chi connectivity index (χ1) is 10.9. The molecule has 0 aromatic heterocycles. The van der Waals surface area contributed by atoms with E-state index in [1.807, 2.05) is 50.2 Å². The van der Waals surface area contributed by atoms with Gasteiger partial charge in [0.15, 0.2) is 0 Å². The molecule has 1 rings (SSSR count). The molecule has 0 spiro atoms. The molecule has 1 aromatic carbocycles. The van der Waals surface area contributed by atoms with Crippen LogP contribution < -0.4 is 15.4 Å². The summed E-state index contributed by atoms with van der Waals surface area (Å²) < 4.78 is 5.87. The monoisotopic (exact) mass is 338 g/mol. The highest BCUT2D eigenvalue weighted by Gasteiger charge is 2.09. The average molecular weight is 338 g/mol. The summed E-state index contributed by atoms with van der Waals surface area (Å²) in [7, 11) is 3.97. The van der Waals surface area contributed by atoms with Gasteiger partial charge in [-0.3, -0.25) is 9.59 Å². The molecule has 2 N–H and O–H groups in total. The molecule has 0 saturated heterocycles. The number of nitrogens with zero attached hydrogens (tertiary/aromatic N) is 1. The standard InChI is InChI=1S/C17H26N2O3S/c1-13(7-8-15(20)12-23-10-9-17(18)21)22-16-6-4-5-14(11-16)19(2)3/h4-6,11,13H,7-10,12H2,1-3H3,(H2,18,21). The lowest BCUT2D eigenvalue weighted by Crippen LogP contribution is -2.16. The highest BCUT2D eigenvalue weighted by Crippen LogP contribution is 2.21. The topological polar surface area (TPSA) is 72.6 Å². The van der Waals surface area contributed by atoms with Crippen LogP contribution in [0, 0.1) is 0 Å². The Morgan fingerprint density at radius 2 is 2.04 bits per heavy atom. The molecule has 0 radical (unpaired) electrons. The second-order valence-corrected chi connectivity index (χ2v) is 6.77. The molecule has 0 aliphatic heterocycles. The Labute approximate surface area is 142 Å². The Morgan fingerprint density at radius 3 is 2.70 bits per heavy atom. The molecule has 1 atom stereocenters. The van der Waals surface area contributed by atoms with Gasteiger partial charge in [0.05, 0.1) is 11.9 Å². The first-order valence-electron chi connectivity index (χ1n) is 7.70. The molecule has 0 fully saturated rings. The smallest absolute Gasteiger partial charge is 0.218 e. The molecule has 23 heavy (non-hydrogen) atoms. The van der Waals surface area contributed by atoms with Crippen molar-refractivity contribution in [1.29, 1.82) is 0 Å². The number of hydrogen-bond acceptors (Lipinski definition) is 5. The zero-order valence-corrected chi connectivity index (χ0v) is 14.9. The third-order valence-electron chi connectivity index (χ3n) is 3.26. The first-order valence-corrected chi connectivity index (χ1v) is 8.85. The van der Waals surface area contributed by atoms with E-state index < -0.39 is 0 Å². The number of carbonyl (C=O) groups is 2. The van der Waals surface area contributed by atoms with Crippen LogP contribution in [0.3, 0.4) is 0 Å². The zero-order valence-electron chi connectivity index (χ0n) is 14.1. The molecule has 5 nitrogen and oxygen atoms in total. The third kappa shape index (κ3) is 8.50. The van der Waals surface area contributed by atoms with E-state index in [-0.39, 0.29) is 17.8 Å². The molecule has 128 valence electrons. The van der Waals surface area contributed by atoms with Crippen LogP contribution in [0.4, 0.5) is 5.69 Å². The second-order valence-electron chi connectivity index (χ2n) is 5.67. The van der Waals surface area contributed by atoms with Crippen molar-refractivity contribution in [3.05, 3.63) is 24.3 Å². The fourth-order valence-corrected chi connectivity index (χ4v) is 2.78. The number of primary amides is 1. The number of nitrogens with two attached hydrogens (primary N) is 1. The van der Waals surface area contributed by atoms with Crippen molar-refractivity contribution in [2.45, 2.75) is 32.3 Å². The largest absolute Gasteiger partial charge is 0.491 e. The maximum Gasteiger partial charge on any atom is 0.218 e. The fraction of sp³-hybridized carbons (Fsp3) is 0.529. The molecule has 0 heterocycles. The summed E-state index contributed by atoms with van der Waals surface area (Å²) in [4.78, 5) is 24.4. The number of Topliss-reactive ketones (excluding diaryl/α,β-unsaturated/α-hetero) is 1. The normalized spacial score (nSPS) is 11.8. The molecule has 6 heteroatoms. The van der Waals surface area contributed by atoms with E-state index in [1.165, 1.54) is 11.8 Å². The van der Waals surface area contributed by atoms with Gasteiger partial charge in [-0.05, 0) is 25.5 Å². The van der Waals surface area contributed by atoms with E-state index in [4.69, 9.17) is 10.5 Å². The van der Waals surface area contributed by atoms with Crippen LogP contribution in [0.25, 0.3) is 0 Å². The number of thioether (sulfide) groups is 1. The van der Waals surface area contributed by atoms with Gasteiger partial charge >= 0.3 is 0 Å². The van der Waals surface area contributed by atoms with Gasteiger partial charge in [-0.25, -0.2) is 0 Å². The predicted octanol–water partition coefficient (Wildman–Crippen LogP) is 2.48. The van der Waals surface area contributed by atoms with Crippen molar-refractivity contribution in [1.82, 2.24) is 0 Å². The van der Waals surface area contributed by atoms with Gasteiger partial charge in [0, 0.05) is 44.4 Å². The van der Waals surface area contributed by atoms with Gasteiger partial charge in [0.1, 0.15) is 11.5 Å². The number of ether oxygens (including phenoxy) is 1. The van der Waals surface area contributed by atoms with Crippen molar-refractivity contribution in [3.8, 4) is 5.75 Å². The Morgan fingerprint density at radius 1 is 1.30 bits per heavy atom. The lowest BCUT2D eigenvalue weighted by atomic mass is 10.1. The Hall–Kier alpha value is -1.69. The van der Waals surface area contributed by atoms with Gasteiger partial charge in [0.2, 0.25) is 5.91 Å². The number of benzene rings is 1. The van der Waals surface area contributed by atoms with Crippen LogP contribution in [-0.2, 0) is 9.59 Å². The number of ketones is 1. The summed E-state index contributed by atoms with van der Waals surface area (Å²) in [5, 5.41) is 0. The van der Waals surface area contributed by atoms with E-state index in [0.717, 1.165) is 11.4 Å². The zero-order chi connectivity index (χ0) is 17.2. The minimum atomic E-state index is -0.327. The quantitative estimate of drug-likeness (QED) is 0.628. The van der Waals surface area contributed by atoms with Crippen LogP contribution in [-0.4, -0.2) is 43.4 Å². The van der Waals surface area contributed by atoms with Crippen molar-refractivity contribution in [2.24, 2.45) is 5.73 Å². The minimum absolute atomic E-state index is 0.0213. The summed E-state index contributed by atoms with van der Waals surface area (Å²) in [5.74, 6) is 1.69. The van der Waals surface area contributed by atoms with Gasteiger partial charge in [-0.15, -0.1) is 0 Å². The van der Waals surface area contributed by atoms with Crippen LogP contribution in [0.2, 0.25) is 0 Å². The summed E-state index contributed by atoms with van der Waals surface area (Å²) in [6.45, 7) is 1.97. The number of amides is 1. The first kappa shape index (κ1) is 19.4. The number of anilines is 1. The van der Waals surface area contributed by atoms with Crippen molar-refractivity contribution >= 4 is 29.1 Å². The Bertz CT molecular complexity index is 520. The fourth-order valence-electron chi connectivity index (χ4n) is 1.92. The molecule has 1 amide bonds. The molecule has 0 aliphatic rings. The van der Waals surface area contributed by atoms with E-state index in [1.54, 1.807) is 0 Å². The molecular formula is C17H26N2O3S. The maximum absolute atomic E-state index is 11.8. The molecule has 0 bridgehead atoms. The van der Waals surface area contributed by atoms with Gasteiger partial charge < -0.3 is 15.4 Å². The molecule has 1 aromatic rings. The van der Waals surface area contributed by atoms with Gasteiger partial charge in [0.25, 0.3) is 0 Å². The summed E-state index contributed by atoms with van der Waals surface area (Å²) in [5.41, 5.74) is 6.13.